The Morgan fingerprint density at radius 1 is 1.00 bits per heavy atom. The van der Waals surface area contributed by atoms with Crippen LogP contribution in [-0.4, -0.2) is 48.2 Å². The summed E-state index contributed by atoms with van der Waals surface area (Å²) in [6, 6.07) is 19.1. The maximum Gasteiger partial charge on any atom is 0.335 e. The molecule has 3 fully saturated rings. The molecule has 158 valence electrons. The molecular formula is C26H32N2O2. The van der Waals surface area contributed by atoms with Crippen molar-refractivity contribution in [3.05, 3.63) is 71.3 Å². The SMILES string of the molecule is O=C(O)c1ccc(C2CCN(CC3(CNC4C[C@@H]4c4ccccc4)CC3)CC2)cc1. The third kappa shape index (κ3) is 4.45. The second kappa shape index (κ2) is 8.16. The fraction of sp³-hybridized carbons (Fsp3) is 0.500. The van der Waals surface area contributed by atoms with E-state index in [1.54, 1.807) is 12.1 Å². The first kappa shape index (κ1) is 19.8. The van der Waals surface area contributed by atoms with Gasteiger partial charge in [-0.15, -0.1) is 0 Å². The van der Waals surface area contributed by atoms with E-state index < -0.39 is 5.97 Å². The number of piperidine rings is 1. The van der Waals surface area contributed by atoms with Crippen LogP contribution in [0.15, 0.2) is 54.6 Å². The van der Waals surface area contributed by atoms with Crippen molar-refractivity contribution in [2.45, 2.75) is 50.0 Å². The summed E-state index contributed by atoms with van der Waals surface area (Å²) in [6.07, 6.45) is 6.36. The first-order chi connectivity index (χ1) is 14.6. The summed E-state index contributed by atoms with van der Waals surface area (Å²) >= 11 is 0. The maximum atomic E-state index is 11.0. The number of carboxylic acid groups (broad SMARTS) is 1. The standard InChI is InChI=1S/C26H32N2O2/c29-25(30)22-8-6-19(7-9-22)20-10-14-28(15-11-20)18-26(12-13-26)17-27-24-16-23(24)21-4-2-1-3-5-21/h1-9,20,23-24,27H,10-18H2,(H,29,30)/t23-,24?/m1/s1. The molecule has 2 aliphatic carbocycles. The Bertz CT molecular complexity index is 868. The molecule has 2 saturated carbocycles. The Labute approximate surface area is 179 Å². The summed E-state index contributed by atoms with van der Waals surface area (Å²) in [6.45, 7) is 4.71. The predicted octanol–water partition coefficient (Wildman–Crippen LogP) is 4.49. The predicted molar refractivity (Wildman–Crippen MR) is 119 cm³/mol. The Hall–Kier alpha value is -2.17. The second-order valence-corrected chi connectivity index (χ2v) is 9.72. The molecule has 0 spiro atoms. The van der Waals surface area contributed by atoms with Crippen LogP contribution >= 0.6 is 0 Å². The summed E-state index contributed by atoms with van der Waals surface area (Å²) in [7, 11) is 0. The summed E-state index contributed by atoms with van der Waals surface area (Å²) in [4.78, 5) is 13.7. The van der Waals surface area contributed by atoms with Gasteiger partial charge in [-0.1, -0.05) is 42.5 Å². The molecule has 2 atom stereocenters. The fourth-order valence-electron chi connectivity index (χ4n) is 5.20. The molecule has 30 heavy (non-hydrogen) atoms. The maximum absolute atomic E-state index is 11.0. The zero-order valence-corrected chi connectivity index (χ0v) is 17.6. The first-order valence-electron chi connectivity index (χ1n) is 11.5. The van der Waals surface area contributed by atoms with Crippen LogP contribution in [0.5, 0.6) is 0 Å². The highest BCUT2D eigenvalue weighted by molar-refractivity contribution is 5.87. The highest BCUT2D eigenvalue weighted by Crippen LogP contribution is 2.48. The van der Waals surface area contributed by atoms with Crippen molar-refractivity contribution in [3.8, 4) is 0 Å². The molecule has 2 aromatic rings. The van der Waals surface area contributed by atoms with Gasteiger partial charge < -0.3 is 15.3 Å². The molecule has 0 aromatic heterocycles. The number of carbonyl (C=O) groups is 1. The van der Waals surface area contributed by atoms with Crippen LogP contribution in [-0.2, 0) is 0 Å². The summed E-state index contributed by atoms with van der Waals surface area (Å²) in [5.41, 5.74) is 3.66. The van der Waals surface area contributed by atoms with Gasteiger partial charge in [-0.2, -0.15) is 0 Å². The lowest BCUT2D eigenvalue weighted by Gasteiger charge is -2.35. The van der Waals surface area contributed by atoms with E-state index in [2.05, 4.69) is 40.5 Å². The van der Waals surface area contributed by atoms with E-state index in [-0.39, 0.29) is 0 Å². The van der Waals surface area contributed by atoms with Gasteiger partial charge in [0, 0.05) is 25.0 Å². The molecule has 3 aliphatic rings. The van der Waals surface area contributed by atoms with Crippen molar-refractivity contribution in [3.63, 3.8) is 0 Å². The van der Waals surface area contributed by atoms with Crippen molar-refractivity contribution >= 4 is 5.97 Å². The number of nitrogens with one attached hydrogen (secondary N) is 1. The van der Waals surface area contributed by atoms with Gasteiger partial charge in [-0.3, -0.25) is 0 Å². The summed E-state index contributed by atoms with van der Waals surface area (Å²) in [5, 5.41) is 12.9. The molecule has 4 heteroatoms. The van der Waals surface area contributed by atoms with E-state index in [4.69, 9.17) is 5.11 Å². The Morgan fingerprint density at radius 2 is 1.70 bits per heavy atom. The number of hydrogen-bond donors (Lipinski definition) is 2. The topological polar surface area (TPSA) is 52.6 Å². The van der Waals surface area contributed by atoms with Crippen molar-refractivity contribution in [2.24, 2.45) is 5.41 Å². The van der Waals surface area contributed by atoms with Gasteiger partial charge in [0.25, 0.3) is 0 Å². The first-order valence-corrected chi connectivity index (χ1v) is 11.5. The summed E-state index contributed by atoms with van der Waals surface area (Å²) < 4.78 is 0. The third-order valence-electron chi connectivity index (χ3n) is 7.49. The minimum absolute atomic E-state index is 0.379. The zero-order chi connectivity index (χ0) is 20.6. The smallest absolute Gasteiger partial charge is 0.335 e. The number of benzene rings is 2. The highest BCUT2D eigenvalue weighted by atomic mass is 16.4. The summed E-state index contributed by atoms with van der Waals surface area (Å²) in [5.74, 6) is 0.432. The average Bonchev–Trinajstić information content (AvgIpc) is 3.70. The number of aromatic carboxylic acids is 1. The van der Waals surface area contributed by atoms with Crippen molar-refractivity contribution < 1.29 is 9.90 Å². The largest absolute Gasteiger partial charge is 0.478 e. The highest BCUT2D eigenvalue weighted by Gasteiger charge is 2.46. The molecule has 1 aliphatic heterocycles. The van der Waals surface area contributed by atoms with Gasteiger partial charge >= 0.3 is 5.97 Å². The van der Waals surface area contributed by atoms with Crippen LogP contribution in [0, 0.1) is 5.41 Å². The number of nitrogens with zero attached hydrogens (tertiary/aromatic N) is 1. The molecule has 2 N–H and O–H groups in total. The molecule has 1 heterocycles. The monoisotopic (exact) mass is 404 g/mol. The van der Waals surface area contributed by atoms with Crippen molar-refractivity contribution in [1.82, 2.24) is 10.2 Å². The average molecular weight is 405 g/mol. The quantitative estimate of drug-likeness (QED) is 0.681. The fourth-order valence-corrected chi connectivity index (χ4v) is 5.20. The van der Waals surface area contributed by atoms with Crippen LogP contribution in [0.1, 0.15) is 65.4 Å². The number of rotatable bonds is 8. The van der Waals surface area contributed by atoms with Crippen molar-refractivity contribution in [2.75, 3.05) is 26.2 Å². The minimum atomic E-state index is -0.846. The van der Waals surface area contributed by atoms with Crippen molar-refractivity contribution in [1.29, 1.82) is 0 Å². The van der Waals surface area contributed by atoms with Gasteiger partial charge in [-0.25, -0.2) is 4.79 Å². The van der Waals surface area contributed by atoms with Gasteiger partial charge in [0.05, 0.1) is 5.56 Å². The third-order valence-corrected chi connectivity index (χ3v) is 7.49. The molecule has 1 unspecified atom stereocenters. The van der Waals surface area contributed by atoms with E-state index >= 15 is 0 Å². The van der Waals surface area contributed by atoms with E-state index in [1.807, 2.05) is 12.1 Å². The molecule has 2 aromatic carbocycles. The molecule has 0 amide bonds. The Balaban J connectivity index is 1.07. The molecule has 4 nitrogen and oxygen atoms in total. The van der Waals surface area contributed by atoms with Gasteiger partial charge in [-0.05, 0) is 79.8 Å². The van der Waals surface area contributed by atoms with Gasteiger partial charge in [0.1, 0.15) is 0 Å². The van der Waals surface area contributed by atoms with Gasteiger partial charge in [0.15, 0.2) is 0 Å². The van der Waals surface area contributed by atoms with E-state index in [0.717, 1.165) is 19.6 Å². The molecular weight excluding hydrogens is 372 g/mol. The van der Waals surface area contributed by atoms with Crippen LogP contribution in [0.3, 0.4) is 0 Å². The molecule has 1 saturated heterocycles. The number of carboxylic acids is 1. The minimum Gasteiger partial charge on any atom is -0.478 e. The molecule has 0 radical (unpaired) electrons. The lowest BCUT2D eigenvalue weighted by atomic mass is 9.88. The lowest BCUT2D eigenvalue weighted by Crippen LogP contribution is -2.40. The normalized spacial score (nSPS) is 25.7. The van der Waals surface area contributed by atoms with E-state index in [1.165, 1.54) is 49.8 Å². The van der Waals surface area contributed by atoms with Crippen LogP contribution in [0.4, 0.5) is 0 Å². The van der Waals surface area contributed by atoms with E-state index in [9.17, 15) is 4.79 Å². The Morgan fingerprint density at radius 3 is 2.33 bits per heavy atom. The lowest BCUT2D eigenvalue weighted by molar-refractivity contribution is 0.0697. The second-order valence-electron chi connectivity index (χ2n) is 9.72. The number of hydrogen-bond acceptors (Lipinski definition) is 3. The Kier molecular flexibility index (Phi) is 5.38. The number of likely N-dealkylation sites (tertiary alicyclic amines) is 1. The molecule has 5 rings (SSSR count). The van der Waals surface area contributed by atoms with Crippen LogP contribution in [0.25, 0.3) is 0 Å². The zero-order valence-electron chi connectivity index (χ0n) is 17.6. The molecule has 0 bridgehead atoms. The van der Waals surface area contributed by atoms with Crippen LogP contribution in [0.2, 0.25) is 0 Å². The van der Waals surface area contributed by atoms with E-state index in [0.29, 0.717) is 28.9 Å². The van der Waals surface area contributed by atoms with Crippen LogP contribution < -0.4 is 5.32 Å². The van der Waals surface area contributed by atoms with Gasteiger partial charge in [0.2, 0.25) is 0 Å².